The highest BCUT2D eigenvalue weighted by atomic mass is 19.1. The molecule has 0 spiro atoms. The number of nitrogens with zero attached hydrogens (tertiary/aromatic N) is 2. The molecule has 134 valence electrons. The zero-order valence-electron chi connectivity index (χ0n) is 14.8. The highest BCUT2D eigenvalue weighted by molar-refractivity contribution is 5.77. The number of carbonyl (C=O) groups is 1. The fraction of sp³-hybridized carbons (Fsp3) is 0.474. The minimum Gasteiger partial charge on any atom is -0.346 e. The SMILES string of the molecule is Cc1nn(C)c(C)c1CCC(=O)NC1(c2ccc(F)cc2F)CCC1. The summed E-state index contributed by atoms with van der Waals surface area (Å²) >= 11 is 0. The van der Waals surface area contributed by atoms with E-state index in [1.807, 2.05) is 25.6 Å². The summed E-state index contributed by atoms with van der Waals surface area (Å²) in [6.07, 6.45) is 3.17. The van der Waals surface area contributed by atoms with Gasteiger partial charge < -0.3 is 5.32 Å². The van der Waals surface area contributed by atoms with Crippen molar-refractivity contribution >= 4 is 5.91 Å². The number of benzene rings is 1. The van der Waals surface area contributed by atoms with Crippen LogP contribution >= 0.6 is 0 Å². The van der Waals surface area contributed by atoms with Crippen molar-refractivity contribution in [1.29, 1.82) is 0 Å². The largest absolute Gasteiger partial charge is 0.346 e. The first-order chi connectivity index (χ1) is 11.8. The molecular weight excluding hydrogens is 324 g/mol. The average Bonchev–Trinajstić information content (AvgIpc) is 2.74. The molecule has 0 aliphatic heterocycles. The Labute approximate surface area is 146 Å². The summed E-state index contributed by atoms with van der Waals surface area (Å²) in [6.45, 7) is 3.91. The van der Waals surface area contributed by atoms with E-state index in [2.05, 4.69) is 10.4 Å². The molecule has 1 aromatic heterocycles. The molecule has 1 heterocycles. The van der Waals surface area contributed by atoms with E-state index in [9.17, 15) is 13.6 Å². The Morgan fingerprint density at radius 1 is 1.32 bits per heavy atom. The Hall–Kier alpha value is -2.24. The first-order valence-electron chi connectivity index (χ1n) is 8.58. The summed E-state index contributed by atoms with van der Waals surface area (Å²) in [5.41, 5.74) is 2.73. The molecule has 25 heavy (non-hydrogen) atoms. The van der Waals surface area contributed by atoms with Gasteiger partial charge in [0.2, 0.25) is 5.91 Å². The van der Waals surface area contributed by atoms with Gasteiger partial charge in [0.05, 0.1) is 11.2 Å². The number of hydrogen-bond acceptors (Lipinski definition) is 2. The molecule has 1 amide bonds. The molecule has 1 aromatic carbocycles. The van der Waals surface area contributed by atoms with E-state index in [1.165, 1.54) is 12.1 Å². The van der Waals surface area contributed by atoms with Gasteiger partial charge in [0.1, 0.15) is 11.6 Å². The van der Waals surface area contributed by atoms with Crippen molar-refractivity contribution < 1.29 is 13.6 Å². The molecule has 0 radical (unpaired) electrons. The third-order valence-corrected chi connectivity index (χ3v) is 5.29. The van der Waals surface area contributed by atoms with Gasteiger partial charge in [0.25, 0.3) is 0 Å². The zero-order valence-corrected chi connectivity index (χ0v) is 14.8. The highest BCUT2D eigenvalue weighted by Crippen LogP contribution is 2.42. The average molecular weight is 347 g/mol. The summed E-state index contributed by atoms with van der Waals surface area (Å²) < 4.78 is 29.2. The normalized spacial score (nSPS) is 15.7. The highest BCUT2D eigenvalue weighted by Gasteiger charge is 2.41. The molecular formula is C19H23F2N3O. The first-order valence-corrected chi connectivity index (χ1v) is 8.58. The lowest BCUT2D eigenvalue weighted by Crippen LogP contribution is -2.51. The predicted molar refractivity (Wildman–Crippen MR) is 91.0 cm³/mol. The van der Waals surface area contributed by atoms with E-state index in [1.54, 1.807) is 0 Å². The van der Waals surface area contributed by atoms with Crippen molar-refractivity contribution in [1.82, 2.24) is 15.1 Å². The molecule has 1 aliphatic rings. The van der Waals surface area contributed by atoms with Crippen molar-refractivity contribution in [2.24, 2.45) is 7.05 Å². The number of halogens is 2. The molecule has 6 heteroatoms. The molecule has 1 N–H and O–H groups in total. The van der Waals surface area contributed by atoms with Crippen LogP contribution in [-0.2, 0) is 23.8 Å². The van der Waals surface area contributed by atoms with Gasteiger partial charge in [-0.2, -0.15) is 5.10 Å². The monoisotopic (exact) mass is 347 g/mol. The minimum atomic E-state index is -0.701. The van der Waals surface area contributed by atoms with Crippen LogP contribution in [0, 0.1) is 25.5 Å². The summed E-state index contributed by atoms with van der Waals surface area (Å²) in [5, 5.41) is 7.35. The molecule has 3 rings (SSSR count). The van der Waals surface area contributed by atoms with Crippen LogP contribution < -0.4 is 5.32 Å². The van der Waals surface area contributed by atoms with Crippen LogP contribution in [-0.4, -0.2) is 15.7 Å². The van der Waals surface area contributed by atoms with Crippen LogP contribution in [0.3, 0.4) is 0 Å². The van der Waals surface area contributed by atoms with Crippen molar-refractivity contribution in [3.63, 3.8) is 0 Å². The number of carbonyl (C=O) groups excluding carboxylic acids is 1. The second-order valence-corrected chi connectivity index (χ2v) is 6.88. The third-order valence-electron chi connectivity index (χ3n) is 5.29. The maximum Gasteiger partial charge on any atom is 0.221 e. The van der Waals surface area contributed by atoms with Gasteiger partial charge in [-0.3, -0.25) is 9.48 Å². The van der Waals surface area contributed by atoms with E-state index in [4.69, 9.17) is 0 Å². The molecule has 1 fully saturated rings. The summed E-state index contributed by atoms with van der Waals surface area (Å²) in [6, 6.07) is 3.57. The zero-order chi connectivity index (χ0) is 18.2. The van der Waals surface area contributed by atoms with E-state index >= 15 is 0 Å². The van der Waals surface area contributed by atoms with Crippen LogP contribution in [0.5, 0.6) is 0 Å². The lowest BCUT2D eigenvalue weighted by Gasteiger charge is -2.43. The van der Waals surface area contributed by atoms with Crippen molar-refractivity contribution in [3.05, 3.63) is 52.3 Å². The number of hydrogen-bond donors (Lipinski definition) is 1. The molecule has 4 nitrogen and oxygen atoms in total. The van der Waals surface area contributed by atoms with Gasteiger partial charge in [-0.1, -0.05) is 6.07 Å². The molecule has 1 aliphatic carbocycles. The maximum absolute atomic E-state index is 14.2. The lowest BCUT2D eigenvalue weighted by atomic mass is 9.71. The van der Waals surface area contributed by atoms with Gasteiger partial charge in [0, 0.05) is 30.8 Å². The number of aryl methyl sites for hydroxylation is 2. The topological polar surface area (TPSA) is 46.9 Å². The van der Waals surface area contributed by atoms with E-state index in [0.717, 1.165) is 29.4 Å². The van der Waals surface area contributed by atoms with E-state index in [0.29, 0.717) is 31.2 Å². The third kappa shape index (κ3) is 3.30. The Bertz CT molecular complexity index is 809. The fourth-order valence-electron chi connectivity index (χ4n) is 3.62. The van der Waals surface area contributed by atoms with Crippen LogP contribution in [0.25, 0.3) is 0 Å². The first kappa shape index (κ1) is 17.6. The van der Waals surface area contributed by atoms with Crippen molar-refractivity contribution in [3.8, 4) is 0 Å². The van der Waals surface area contributed by atoms with Crippen LogP contribution in [0.1, 0.15) is 48.2 Å². The molecule has 2 aromatic rings. The molecule has 0 atom stereocenters. The molecule has 0 unspecified atom stereocenters. The summed E-state index contributed by atoms with van der Waals surface area (Å²) in [4.78, 5) is 12.5. The van der Waals surface area contributed by atoms with Gasteiger partial charge in [-0.05, 0) is 51.2 Å². The second-order valence-electron chi connectivity index (χ2n) is 6.88. The molecule has 1 saturated carbocycles. The Balaban J connectivity index is 1.70. The summed E-state index contributed by atoms with van der Waals surface area (Å²) in [5.74, 6) is -1.32. The second kappa shape index (κ2) is 6.58. The lowest BCUT2D eigenvalue weighted by molar-refractivity contribution is -0.124. The minimum absolute atomic E-state index is 0.119. The van der Waals surface area contributed by atoms with Gasteiger partial charge in [-0.25, -0.2) is 8.78 Å². The number of aromatic nitrogens is 2. The Morgan fingerprint density at radius 3 is 2.56 bits per heavy atom. The smallest absolute Gasteiger partial charge is 0.221 e. The number of rotatable bonds is 5. The van der Waals surface area contributed by atoms with Crippen molar-refractivity contribution in [2.75, 3.05) is 0 Å². The van der Waals surface area contributed by atoms with Gasteiger partial charge >= 0.3 is 0 Å². The van der Waals surface area contributed by atoms with Gasteiger partial charge in [-0.15, -0.1) is 0 Å². The Morgan fingerprint density at radius 2 is 2.04 bits per heavy atom. The van der Waals surface area contributed by atoms with Gasteiger partial charge in [0.15, 0.2) is 0 Å². The molecule has 0 bridgehead atoms. The van der Waals surface area contributed by atoms with Crippen LogP contribution in [0.2, 0.25) is 0 Å². The standard InChI is InChI=1S/C19H23F2N3O/c1-12-15(13(2)24(3)23-12)6-8-18(25)22-19(9-4-10-19)16-7-5-14(20)11-17(16)21/h5,7,11H,4,6,8-10H2,1-3H3,(H,22,25). The van der Waals surface area contributed by atoms with Crippen LogP contribution in [0.4, 0.5) is 8.78 Å². The van der Waals surface area contributed by atoms with Crippen LogP contribution in [0.15, 0.2) is 18.2 Å². The fourth-order valence-corrected chi connectivity index (χ4v) is 3.62. The quantitative estimate of drug-likeness (QED) is 0.901. The summed E-state index contributed by atoms with van der Waals surface area (Å²) in [7, 11) is 1.88. The van der Waals surface area contributed by atoms with E-state index < -0.39 is 17.2 Å². The molecule has 0 saturated heterocycles. The maximum atomic E-state index is 14.2. The predicted octanol–water partition coefficient (Wildman–Crippen LogP) is 3.44. The number of nitrogens with one attached hydrogen (secondary N) is 1. The van der Waals surface area contributed by atoms with E-state index in [-0.39, 0.29) is 5.91 Å². The number of amides is 1. The van der Waals surface area contributed by atoms with Crippen molar-refractivity contribution in [2.45, 2.75) is 51.5 Å². The Kier molecular flexibility index (Phi) is 4.62.